The molecule has 1 N–H and O–H groups in total. The Balaban J connectivity index is 1.67. The van der Waals surface area contributed by atoms with Gasteiger partial charge >= 0.3 is 0 Å². The highest BCUT2D eigenvalue weighted by atomic mass is 32.3. The summed E-state index contributed by atoms with van der Waals surface area (Å²) in [5, 5.41) is 0. The predicted molar refractivity (Wildman–Crippen MR) is 111 cm³/mol. The van der Waals surface area contributed by atoms with E-state index < -0.39 is 20.9 Å². The van der Waals surface area contributed by atoms with Crippen molar-refractivity contribution in [1.29, 1.82) is 0 Å². The van der Waals surface area contributed by atoms with Crippen molar-refractivity contribution in [2.24, 2.45) is 0 Å². The second-order valence-corrected chi connectivity index (χ2v) is 9.16. The summed E-state index contributed by atoms with van der Waals surface area (Å²) in [4.78, 5) is 6.56. The Bertz CT molecular complexity index is 986. The van der Waals surface area contributed by atoms with Crippen LogP contribution < -0.4 is 8.86 Å². The maximum absolute atomic E-state index is 12.6. The van der Waals surface area contributed by atoms with Gasteiger partial charge in [0, 0.05) is 8.50 Å². The standard InChI is InChI=1S/C19H22N4O3S2/c1-3-23(4-2)14-19-20-15-27(21-19)22-28(24,25)18-12-10-17(11-13-18)26-16-8-6-5-7-9-16/h5-13,15H,3-4,14H2,1-2H3/p+1. The highest BCUT2D eigenvalue weighted by Crippen LogP contribution is 2.24. The first kappa shape index (κ1) is 20.4. The van der Waals surface area contributed by atoms with Crippen molar-refractivity contribution < 1.29 is 13.2 Å². The van der Waals surface area contributed by atoms with E-state index in [9.17, 15) is 8.42 Å². The van der Waals surface area contributed by atoms with Crippen LogP contribution in [0.3, 0.4) is 0 Å². The Kier molecular flexibility index (Phi) is 6.74. The minimum atomic E-state index is -3.70. The Labute approximate surface area is 168 Å². The van der Waals surface area contributed by atoms with Crippen molar-refractivity contribution in [3.8, 4) is 11.5 Å². The fourth-order valence-corrected chi connectivity index (χ4v) is 5.20. The maximum atomic E-state index is 12.6. The number of rotatable bonds is 9. The molecule has 0 aliphatic heterocycles. The Morgan fingerprint density at radius 3 is 2.29 bits per heavy atom. The van der Waals surface area contributed by atoms with Gasteiger partial charge in [-0.2, -0.15) is 4.98 Å². The van der Waals surface area contributed by atoms with E-state index >= 15 is 0 Å². The number of hydrogen-bond acceptors (Lipinski definition) is 6. The molecule has 0 saturated heterocycles. The van der Waals surface area contributed by atoms with E-state index in [-0.39, 0.29) is 4.90 Å². The Hall–Kier alpha value is -2.33. The van der Waals surface area contributed by atoms with Gasteiger partial charge in [0.15, 0.2) is 0 Å². The molecular weight excluding hydrogens is 396 g/mol. The maximum Gasteiger partial charge on any atom is 0.285 e. The normalized spacial score (nSPS) is 12.3. The lowest BCUT2D eigenvalue weighted by atomic mass is 10.3. The molecule has 0 radical (unpaired) electrons. The van der Waals surface area contributed by atoms with Crippen LogP contribution in [-0.4, -0.2) is 35.8 Å². The minimum Gasteiger partial charge on any atom is -0.457 e. The number of nitrogens with zero attached hydrogens (tertiary/aromatic N) is 3. The molecule has 1 atom stereocenters. The van der Waals surface area contributed by atoms with Gasteiger partial charge in [-0.05, 0) is 49.5 Å². The highest BCUT2D eigenvalue weighted by Gasteiger charge is 2.24. The topological polar surface area (TPSA) is 84.4 Å². The number of aromatic nitrogens is 2. The number of benzene rings is 2. The lowest BCUT2D eigenvalue weighted by molar-refractivity contribution is 0.289. The number of ether oxygens (including phenoxy) is 1. The summed E-state index contributed by atoms with van der Waals surface area (Å²) in [6, 6.07) is 15.6. The number of nitrogens with one attached hydrogen (secondary N) is 1. The fraction of sp³-hybridized carbons (Fsp3) is 0.263. The average Bonchev–Trinajstić information content (AvgIpc) is 3.13. The van der Waals surface area contributed by atoms with E-state index in [2.05, 4.69) is 32.2 Å². The number of sulfonamides is 1. The van der Waals surface area contributed by atoms with Crippen molar-refractivity contribution >= 4 is 20.9 Å². The smallest absolute Gasteiger partial charge is 0.285 e. The van der Waals surface area contributed by atoms with Gasteiger partial charge in [0.25, 0.3) is 15.5 Å². The second kappa shape index (κ2) is 9.24. The zero-order valence-electron chi connectivity index (χ0n) is 15.8. The third-order valence-corrected chi connectivity index (χ3v) is 7.24. The number of hydrogen-bond donors (Lipinski definition) is 1. The van der Waals surface area contributed by atoms with Gasteiger partial charge in [-0.15, -0.1) is 0 Å². The van der Waals surface area contributed by atoms with E-state index in [4.69, 9.17) is 4.74 Å². The first-order valence-electron chi connectivity index (χ1n) is 8.93. The lowest BCUT2D eigenvalue weighted by Gasteiger charge is -2.14. The van der Waals surface area contributed by atoms with Gasteiger partial charge in [0.1, 0.15) is 11.5 Å². The summed E-state index contributed by atoms with van der Waals surface area (Å²) in [5.41, 5.74) is 1.54. The largest absolute Gasteiger partial charge is 0.457 e. The first-order chi connectivity index (χ1) is 13.5. The molecule has 7 nitrogen and oxygen atoms in total. The third kappa shape index (κ3) is 5.35. The van der Waals surface area contributed by atoms with E-state index in [1.54, 1.807) is 17.6 Å². The van der Waals surface area contributed by atoms with Crippen LogP contribution in [-0.2, 0) is 16.6 Å². The van der Waals surface area contributed by atoms with Crippen LogP contribution in [0.25, 0.3) is 0 Å². The average molecular weight is 420 g/mol. The van der Waals surface area contributed by atoms with E-state index in [1.165, 1.54) is 12.1 Å². The SMILES string of the molecule is CCN(CC)Cc1nc[s+](NS(=O)(=O)c2ccc(Oc3ccccc3)cc2)n1. The van der Waals surface area contributed by atoms with Crippen molar-refractivity contribution in [2.75, 3.05) is 17.2 Å². The van der Waals surface area contributed by atoms with Gasteiger partial charge in [-0.25, -0.2) is 8.42 Å². The Morgan fingerprint density at radius 2 is 1.64 bits per heavy atom. The highest BCUT2D eigenvalue weighted by molar-refractivity contribution is 7.96. The quantitative estimate of drug-likeness (QED) is 0.531. The first-order valence-corrected chi connectivity index (χ1v) is 11.7. The van der Waals surface area contributed by atoms with Gasteiger partial charge in [-0.1, -0.05) is 32.0 Å². The van der Waals surface area contributed by atoms with Crippen LogP contribution in [0.2, 0.25) is 0 Å². The molecule has 148 valence electrons. The molecule has 0 amide bonds. The monoisotopic (exact) mass is 419 g/mol. The number of para-hydroxylation sites is 1. The van der Waals surface area contributed by atoms with E-state index in [0.29, 0.717) is 23.9 Å². The lowest BCUT2D eigenvalue weighted by Crippen LogP contribution is -2.22. The molecule has 0 aliphatic carbocycles. The summed E-state index contributed by atoms with van der Waals surface area (Å²) in [5.74, 6) is 1.89. The molecular formula is C19H23N4O3S2+. The molecule has 0 saturated carbocycles. The summed E-state index contributed by atoms with van der Waals surface area (Å²) < 4.78 is 37.9. The van der Waals surface area contributed by atoms with Crippen molar-refractivity contribution in [2.45, 2.75) is 25.3 Å². The van der Waals surface area contributed by atoms with Crippen molar-refractivity contribution in [3.63, 3.8) is 0 Å². The van der Waals surface area contributed by atoms with Gasteiger partial charge in [0.2, 0.25) is 16.7 Å². The van der Waals surface area contributed by atoms with Crippen LogP contribution in [0.15, 0.2) is 65.0 Å². The molecule has 0 spiro atoms. The molecule has 0 aliphatic rings. The van der Waals surface area contributed by atoms with Gasteiger partial charge in [0.05, 0.1) is 11.4 Å². The van der Waals surface area contributed by atoms with Crippen LogP contribution in [0.5, 0.6) is 11.5 Å². The molecule has 3 aromatic rings. The Morgan fingerprint density at radius 1 is 1.00 bits per heavy atom. The fourth-order valence-electron chi connectivity index (χ4n) is 2.50. The molecule has 3 rings (SSSR count). The van der Waals surface area contributed by atoms with Crippen molar-refractivity contribution in [1.82, 2.24) is 14.3 Å². The third-order valence-electron chi connectivity index (χ3n) is 4.07. The molecule has 9 heteroatoms. The van der Waals surface area contributed by atoms with Crippen LogP contribution in [0, 0.1) is 0 Å². The molecule has 1 heterocycles. The predicted octanol–water partition coefficient (Wildman–Crippen LogP) is 3.79. The summed E-state index contributed by atoms with van der Waals surface area (Å²) in [7, 11) is -4.69. The van der Waals surface area contributed by atoms with Crippen LogP contribution in [0.4, 0.5) is 0 Å². The molecule has 2 aromatic carbocycles. The summed E-state index contributed by atoms with van der Waals surface area (Å²) >= 11 is 0. The molecule has 0 fully saturated rings. The van der Waals surface area contributed by atoms with Crippen molar-refractivity contribution in [3.05, 3.63) is 65.9 Å². The van der Waals surface area contributed by atoms with E-state index in [0.717, 1.165) is 13.1 Å². The van der Waals surface area contributed by atoms with Gasteiger partial charge in [-0.3, -0.25) is 4.90 Å². The van der Waals surface area contributed by atoms with Gasteiger partial charge < -0.3 is 4.74 Å². The summed E-state index contributed by atoms with van der Waals surface area (Å²) in [6.45, 7) is 6.52. The molecule has 28 heavy (non-hydrogen) atoms. The van der Waals surface area contributed by atoms with Crippen LogP contribution in [0.1, 0.15) is 19.7 Å². The van der Waals surface area contributed by atoms with Crippen LogP contribution >= 0.6 is 10.9 Å². The summed E-state index contributed by atoms with van der Waals surface area (Å²) in [6.07, 6.45) is 0. The molecule has 1 aromatic heterocycles. The molecule has 0 bridgehead atoms. The minimum absolute atomic E-state index is 0.154. The van der Waals surface area contributed by atoms with E-state index in [1.807, 2.05) is 30.3 Å². The zero-order chi connectivity index (χ0) is 20.0. The molecule has 1 unspecified atom stereocenters. The zero-order valence-corrected chi connectivity index (χ0v) is 17.4. The second-order valence-electron chi connectivity index (χ2n) is 5.99.